The molecule has 1 aromatic carbocycles. The Labute approximate surface area is 141 Å². The number of hydrogen-bond donors (Lipinski definition) is 0. The molecular formula is C17H25IO3. The van der Waals surface area contributed by atoms with Crippen LogP contribution in [0.3, 0.4) is 0 Å². The van der Waals surface area contributed by atoms with Gasteiger partial charge < -0.3 is 9.47 Å². The lowest BCUT2D eigenvalue weighted by Gasteiger charge is -2.12. The Morgan fingerprint density at radius 3 is 2.62 bits per heavy atom. The van der Waals surface area contributed by atoms with Crippen LogP contribution in [0.4, 0.5) is 0 Å². The van der Waals surface area contributed by atoms with E-state index in [2.05, 4.69) is 42.7 Å². The number of Topliss-reactive ketones (excluding diaryl/α,β-unsaturated/α-hetero) is 1. The van der Waals surface area contributed by atoms with E-state index in [4.69, 9.17) is 9.47 Å². The molecule has 0 saturated heterocycles. The number of hydrogen-bond acceptors (Lipinski definition) is 3. The fourth-order valence-corrected chi connectivity index (χ4v) is 2.12. The minimum absolute atomic E-state index is 0.0127. The molecule has 0 amide bonds. The van der Waals surface area contributed by atoms with Gasteiger partial charge >= 0.3 is 0 Å². The van der Waals surface area contributed by atoms with E-state index in [1.165, 1.54) is 7.11 Å². The Kier molecular flexibility index (Phi) is 12.3. The molecule has 0 heterocycles. The van der Waals surface area contributed by atoms with Crippen molar-refractivity contribution >= 4 is 28.4 Å². The smallest absolute Gasteiger partial charge is 0.188 e. The van der Waals surface area contributed by atoms with Gasteiger partial charge in [0.1, 0.15) is 12.4 Å². The summed E-state index contributed by atoms with van der Waals surface area (Å²) >= 11 is 2.34. The van der Waals surface area contributed by atoms with Crippen molar-refractivity contribution in [1.29, 1.82) is 0 Å². The van der Waals surface area contributed by atoms with Gasteiger partial charge in [-0.2, -0.15) is 0 Å². The summed E-state index contributed by atoms with van der Waals surface area (Å²) < 4.78 is 11.8. The molecule has 0 aliphatic rings. The van der Waals surface area contributed by atoms with Gasteiger partial charge in [-0.3, -0.25) is 4.79 Å². The standard InChI is InChI=1S/C15H21IO3.C2H4/c1-3-5-13-10-12(14(17)11-18-2)6-7-15(13)19-9-4-8-16;1-2/h6-7,10H,3-5,8-9,11H2,1-2H3;1-2H2. The second-order valence-electron chi connectivity index (χ2n) is 4.32. The Morgan fingerprint density at radius 2 is 2.05 bits per heavy atom. The number of carbonyl (C=O) groups excluding carboxylic acids is 1. The fourth-order valence-electron chi connectivity index (χ4n) is 1.81. The lowest BCUT2D eigenvalue weighted by molar-refractivity contribution is 0.0848. The third-order valence-corrected chi connectivity index (χ3v) is 3.48. The molecule has 1 aromatic rings. The van der Waals surface area contributed by atoms with Crippen LogP contribution < -0.4 is 4.74 Å². The highest BCUT2D eigenvalue weighted by atomic mass is 127. The quantitative estimate of drug-likeness (QED) is 0.200. The Bertz CT molecular complexity index is 418. The zero-order chi connectivity index (χ0) is 16.1. The number of aryl methyl sites for hydroxylation is 1. The second-order valence-corrected chi connectivity index (χ2v) is 5.40. The van der Waals surface area contributed by atoms with Crippen LogP contribution >= 0.6 is 22.6 Å². The van der Waals surface area contributed by atoms with Gasteiger partial charge in [0.25, 0.3) is 0 Å². The van der Waals surface area contributed by atoms with Crippen molar-refractivity contribution in [3.63, 3.8) is 0 Å². The zero-order valence-electron chi connectivity index (χ0n) is 13.0. The summed E-state index contributed by atoms with van der Waals surface area (Å²) in [6, 6.07) is 5.66. The van der Waals surface area contributed by atoms with Crippen molar-refractivity contribution in [3.05, 3.63) is 42.5 Å². The SMILES string of the molecule is C=C.CCCc1cc(C(=O)COC)ccc1OCCCI. The van der Waals surface area contributed by atoms with E-state index in [9.17, 15) is 4.79 Å². The number of rotatable bonds is 9. The second kappa shape index (κ2) is 12.8. The maximum Gasteiger partial charge on any atom is 0.188 e. The van der Waals surface area contributed by atoms with Gasteiger partial charge in [0.2, 0.25) is 0 Å². The molecule has 0 aliphatic carbocycles. The summed E-state index contributed by atoms with van der Waals surface area (Å²) in [6.07, 6.45) is 2.99. The Morgan fingerprint density at radius 1 is 1.33 bits per heavy atom. The average Bonchev–Trinajstić information content (AvgIpc) is 2.51. The molecular weight excluding hydrogens is 379 g/mol. The first-order valence-electron chi connectivity index (χ1n) is 7.06. The lowest BCUT2D eigenvalue weighted by Crippen LogP contribution is -2.08. The van der Waals surface area contributed by atoms with E-state index in [1.807, 2.05) is 18.2 Å². The Balaban J connectivity index is 0.00000191. The van der Waals surface area contributed by atoms with Crippen LogP contribution in [-0.4, -0.2) is 30.5 Å². The van der Waals surface area contributed by atoms with Crippen LogP contribution in [0.1, 0.15) is 35.7 Å². The number of alkyl halides is 1. The lowest BCUT2D eigenvalue weighted by atomic mass is 10.0. The third-order valence-electron chi connectivity index (χ3n) is 2.71. The molecule has 0 unspecified atom stereocenters. The predicted molar refractivity (Wildman–Crippen MR) is 96.9 cm³/mol. The molecule has 1 rings (SSSR count). The highest BCUT2D eigenvalue weighted by Crippen LogP contribution is 2.22. The monoisotopic (exact) mass is 404 g/mol. The van der Waals surface area contributed by atoms with Crippen LogP contribution in [0.25, 0.3) is 0 Å². The maximum absolute atomic E-state index is 11.8. The molecule has 0 spiro atoms. The van der Waals surface area contributed by atoms with E-state index in [0.29, 0.717) is 5.56 Å². The van der Waals surface area contributed by atoms with Gasteiger partial charge in [0.15, 0.2) is 5.78 Å². The summed E-state index contributed by atoms with van der Waals surface area (Å²) in [5, 5.41) is 0. The largest absolute Gasteiger partial charge is 0.493 e. The molecule has 3 nitrogen and oxygen atoms in total. The minimum Gasteiger partial charge on any atom is -0.493 e. The Hall–Kier alpha value is -0.880. The van der Waals surface area contributed by atoms with Gasteiger partial charge in [-0.1, -0.05) is 35.9 Å². The first kappa shape index (κ1) is 20.1. The predicted octanol–water partition coefficient (Wildman–Crippen LogP) is 4.47. The maximum atomic E-state index is 11.8. The van der Waals surface area contributed by atoms with E-state index in [-0.39, 0.29) is 12.4 Å². The topological polar surface area (TPSA) is 35.5 Å². The molecule has 0 bridgehead atoms. The number of carbonyl (C=O) groups is 1. The molecule has 0 aliphatic heterocycles. The molecule has 21 heavy (non-hydrogen) atoms. The first-order valence-corrected chi connectivity index (χ1v) is 8.59. The van der Waals surface area contributed by atoms with E-state index >= 15 is 0 Å². The zero-order valence-corrected chi connectivity index (χ0v) is 15.1. The van der Waals surface area contributed by atoms with Gasteiger partial charge in [0, 0.05) is 17.1 Å². The van der Waals surface area contributed by atoms with Crippen LogP contribution in [-0.2, 0) is 11.2 Å². The number of ether oxygens (including phenoxy) is 2. The number of benzene rings is 1. The molecule has 118 valence electrons. The number of methoxy groups -OCH3 is 1. The molecule has 0 fully saturated rings. The van der Waals surface area contributed by atoms with E-state index in [1.54, 1.807) is 0 Å². The van der Waals surface area contributed by atoms with Gasteiger partial charge in [0.05, 0.1) is 6.61 Å². The number of ketones is 1. The minimum atomic E-state index is 0.0127. The van der Waals surface area contributed by atoms with E-state index < -0.39 is 0 Å². The van der Waals surface area contributed by atoms with Crippen LogP contribution in [0, 0.1) is 0 Å². The van der Waals surface area contributed by atoms with Gasteiger partial charge in [-0.15, -0.1) is 13.2 Å². The molecule has 0 radical (unpaired) electrons. The van der Waals surface area contributed by atoms with Gasteiger partial charge in [-0.05, 0) is 36.6 Å². The van der Waals surface area contributed by atoms with Crippen LogP contribution in [0.5, 0.6) is 5.75 Å². The summed E-state index contributed by atoms with van der Waals surface area (Å²) in [5.41, 5.74) is 1.81. The van der Waals surface area contributed by atoms with Crippen molar-refractivity contribution in [1.82, 2.24) is 0 Å². The number of halogens is 1. The van der Waals surface area contributed by atoms with Crippen LogP contribution in [0.15, 0.2) is 31.4 Å². The summed E-state index contributed by atoms with van der Waals surface area (Å²) in [4.78, 5) is 11.8. The van der Waals surface area contributed by atoms with Crippen LogP contribution in [0.2, 0.25) is 0 Å². The highest BCUT2D eigenvalue weighted by molar-refractivity contribution is 14.1. The average molecular weight is 404 g/mol. The molecule has 0 N–H and O–H groups in total. The third kappa shape index (κ3) is 7.62. The molecule has 0 aromatic heterocycles. The van der Waals surface area contributed by atoms with Crippen molar-refractivity contribution in [2.45, 2.75) is 26.2 Å². The normalized spacial score (nSPS) is 9.67. The van der Waals surface area contributed by atoms with Crippen molar-refractivity contribution in [2.75, 3.05) is 24.8 Å². The van der Waals surface area contributed by atoms with Crippen molar-refractivity contribution in [3.8, 4) is 5.75 Å². The molecule has 4 heteroatoms. The van der Waals surface area contributed by atoms with Crippen molar-refractivity contribution in [2.24, 2.45) is 0 Å². The van der Waals surface area contributed by atoms with Crippen molar-refractivity contribution < 1.29 is 14.3 Å². The van der Waals surface area contributed by atoms with Gasteiger partial charge in [-0.25, -0.2) is 0 Å². The van der Waals surface area contributed by atoms with E-state index in [0.717, 1.165) is 41.6 Å². The summed E-state index contributed by atoms with van der Waals surface area (Å²) in [7, 11) is 1.53. The first-order chi connectivity index (χ1) is 10.2. The molecule has 0 atom stereocenters. The molecule has 0 saturated carbocycles. The summed E-state index contributed by atoms with van der Waals surface area (Å²) in [6.45, 7) is 8.98. The summed E-state index contributed by atoms with van der Waals surface area (Å²) in [5.74, 6) is 0.916. The highest BCUT2D eigenvalue weighted by Gasteiger charge is 2.10. The fraction of sp³-hybridized carbons (Fsp3) is 0.471.